The lowest BCUT2D eigenvalue weighted by molar-refractivity contribution is -0.395. The number of hydrogen-bond acceptors (Lipinski definition) is 9. The zero-order valence-corrected chi connectivity index (χ0v) is 25.0. The Hall–Kier alpha value is -4.49. The molecule has 2 rings (SSSR count). The lowest BCUT2D eigenvalue weighted by Gasteiger charge is -2.30. The van der Waals surface area contributed by atoms with Crippen molar-refractivity contribution in [2.24, 2.45) is 0 Å². The molecule has 14 heteroatoms. The molecule has 0 fully saturated rings. The first-order chi connectivity index (χ1) is 21.0. The largest absolute Gasteiger partial charge is 0.480 e. The van der Waals surface area contributed by atoms with Gasteiger partial charge in [0.05, 0.1) is 43.0 Å². The summed E-state index contributed by atoms with van der Waals surface area (Å²) < 4.78 is 0. The molecular weight excluding hydrogens is 576 g/mol. The molecule has 0 bridgehead atoms. The molecule has 0 saturated carbocycles. The van der Waals surface area contributed by atoms with Crippen LogP contribution >= 0.6 is 0 Å². The summed E-state index contributed by atoms with van der Waals surface area (Å²) in [6.45, 7) is 2.19. The highest BCUT2D eigenvalue weighted by molar-refractivity contribution is 5.89. The Balaban J connectivity index is 2.29. The zero-order chi connectivity index (χ0) is 32.7. The predicted molar refractivity (Wildman–Crippen MR) is 163 cm³/mol. The van der Waals surface area contributed by atoms with Gasteiger partial charge in [0.1, 0.15) is 5.41 Å². The van der Waals surface area contributed by atoms with Crippen molar-refractivity contribution < 1.29 is 29.6 Å². The lowest BCUT2D eigenvalue weighted by Crippen LogP contribution is -2.38. The van der Waals surface area contributed by atoms with Crippen molar-refractivity contribution in [1.82, 2.24) is 0 Å². The molecule has 0 atom stereocenters. The smallest absolute Gasteiger partial charge is 0.319 e. The van der Waals surface area contributed by atoms with Crippen LogP contribution in [0.1, 0.15) is 114 Å². The van der Waals surface area contributed by atoms with E-state index in [-0.39, 0.29) is 12.8 Å². The van der Waals surface area contributed by atoms with Gasteiger partial charge in [0, 0.05) is 12.1 Å². The summed E-state index contributed by atoms with van der Waals surface area (Å²) in [6, 6.07) is 4.91. The van der Waals surface area contributed by atoms with Crippen molar-refractivity contribution in [3.8, 4) is 0 Å². The van der Waals surface area contributed by atoms with Gasteiger partial charge in [-0.2, -0.15) is 0 Å². The molecule has 0 aliphatic rings. The van der Waals surface area contributed by atoms with E-state index in [1.165, 1.54) is 44.9 Å². The van der Waals surface area contributed by atoms with Crippen LogP contribution in [0.15, 0.2) is 36.4 Å². The molecule has 0 heterocycles. The quantitative estimate of drug-likeness (QED) is 0.0756. The summed E-state index contributed by atoms with van der Waals surface area (Å²) in [5.74, 6) is -1.65. The van der Waals surface area contributed by atoms with E-state index in [2.05, 4.69) is 6.92 Å². The number of aliphatic carboxylic acids is 1. The highest BCUT2D eigenvalue weighted by atomic mass is 16.6. The Morgan fingerprint density at radius 3 is 1.23 bits per heavy atom. The number of hydrogen-bond donors (Lipinski definition) is 1. The number of nitro benzene ring substituents is 4. The van der Waals surface area contributed by atoms with E-state index in [4.69, 9.17) is 0 Å². The van der Waals surface area contributed by atoms with Gasteiger partial charge >= 0.3 is 5.97 Å². The van der Waals surface area contributed by atoms with Crippen LogP contribution in [0.4, 0.5) is 22.7 Å². The third kappa shape index (κ3) is 9.51. The van der Waals surface area contributed by atoms with Crippen molar-refractivity contribution in [2.45, 2.75) is 109 Å². The zero-order valence-electron chi connectivity index (χ0n) is 25.0. The molecule has 0 spiro atoms. The molecule has 44 heavy (non-hydrogen) atoms. The first kappa shape index (κ1) is 35.7. The van der Waals surface area contributed by atoms with Gasteiger partial charge in [0.15, 0.2) is 0 Å². The minimum absolute atomic E-state index is 0.215. The first-order valence-corrected chi connectivity index (χ1v) is 15.1. The molecule has 0 saturated heterocycles. The molecule has 0 aliphatic carbocycles. The van der Waals surface area contributed by atoms with Crippen LogP contribution in [0.3, 0.4) is 0 Å². The van der Waals surface area contributed by atoms with Crippen LogP contribution in [0.2, 0.25) is 0 Å². The third-order valence-corrected chi connectivity index (χ3v) is 7.97. The van der Waals surface area contributed by atoms with E-state index in [0.717, 1.165) is 56.4 Å². The standard InChI is InChI=1S/C30H40N4O10/c1-2-3-4-5-6-7-8-9-10-11-12-13-14-15-20-30(29(35)36,25-18-16-23(31(37)38)21-27(25)33(41)42)26-19-17-24(32(39)40)22-28(26)34(43)44/h16-19,21-22H,2-15,20H2,1H3,(H,35,36). The molecule has 2 aromatic rings. The van der Waals surface area contributed by atoms with E-state index in [1.54, 1.807) is 0 Å². The molecule has 0 unspecified atom stereocenters. The normalized spacial score (nSPS) is 11.3. The van der Waals surface area contributed by atoms with Crippen molar-refractivity contribution in [1.29, 1.82) is 0 Å². The molecule has 240 valence electrons. The summed E-state index contributed by atoms with van der Waals surface area (Å²) in [6.07, 6.45) is 14.1. The molecule has 1 N–H and O–H groups in total. The average molecular weight is 617 g/mol. The Bertz CT molecular complexity index is 1260. The topological polar surface area (TPSA) is 210 Å². The first-order valence-electron chi connectivity index (χ1n) is 15.1. The number of carboxylic acids is 1. The minimum atomic E-state index is -2.38. The number of nitro groups is 4. The maximum Gasteiger partial charge on any atom is 0.319 e. The van der Waals surface area contributed by atoms with Crippen LogP contribution < -0.4 is 0 Å². The Labute approximate surface area is 255 Å². The van der Waals surface area contributed by atoms with Crippen LogP contribution in [0.25, 0.3) is 0 Å². The fraction of sp³-hybridized carbons (Fsp3) is 0.567. The second-order valence-corrected chi connectivity index (χ2v) is 11.0. The van der Waals surface area contributed by atoms with Gasteiger partial charge in [-0.15, -0.1) is 0 Å². The van der Waals surface area contributed by atoms with Crippen molar-refractivity contribution >= 4 is 28.7 Å². The van der Waals surface area contributed by atoms with Gasteiger partial charge in [-0.05, 0) is 18.6 Å². The van der Waals surface area contributed by atoms with E-state index >= 15 is 0 Å². The minimum Gasteiger partial charge on any atom is -0.480 e. The molecule has 14 nitrogen and oxygen atoms in total. The van der Waals surface area contributed by atoms with Crippen LogP contribution in [-0.2, 0) is 10.2 Å². The van der Waals surface area contributed by atoms with Crippen molar-refractivity contribution in [3.05, 3.63) is 88.0 Å². The van der Waals surface area contributed by atoms with E-state index in [1.807, 2.05) is 0 Å². The molecule has 0 aromatic heterocycles. The van der Waals surface area contributed by atoms with E-state index in [0.29, 0.717) is 18.6 Å². The number of rotatable bonds is 22. The number of unbranched alkanes of at least 4 members (excludes halogenated alkanes) is 13. The third-order valence-electron chi connectivity index (χ3n) is 7.97. The average Bonchev–Trinajstić information content (AvgIpc) is 2.98. The maximum absolute atomic E-state index is 13.1. The van der Waals surface area contributed by atoms with Crippen molar-refractivity contribution in [3.63, 3.8) is 0 Å². The molecule has 0 radical (unpaired) electrons. The monoisotopic (exact) mass is 616 g/mol. The lowest BCUT2D eigenvalue weighted by atomic mass is 9.69. The SMILES string of the molecule is CCCCCCCCCCCCCCCCC(C(=O)O)(c1ccc([N+](=O)[O-])cc1[N+](=O)[O-])c1ccc([N+](=O)[O-])cc1[N+](=O)[O-]. The summed E-state index contributed by atoms with van der Waals surface area (Å²) in [4.78, 5) is 56.1. The second kappa shape index (κ2) is 17.6. The number of non-ortho nitro benzene ring substituents is 2. The number of benzene rings is 2. The number of nitrogens with zero attached hydrogens (tertiary/aromatic N) is 4. The number of carbonyl (C=O) groups is 1. The van der Waals surface area contributed by atoms with Gasteiger partial charge in [0.25, 0.3) is 22.7 Å². The van der Waals surface area contributed by atoms with Crippen LogP contribution in [0, 0.1) is 40.5 Å². The van der Waals surface area contributed by atoms with Crippen LogP contribution in [0.5, 0.6) is 0 Å². The highest BCUT2D eigenvalue weighted by Gasteiger charge is 2.50. The van der Waals surface area contributed by atoms with Crippen molar-refractivity contribution in [2.75, 3.05) is 0 Å². The molecular formula is C30H40N4O10. The van der Waals surface area contributed by atoms with Gasteiger partial charge in [-0.1, -0.05) is 96.8 Å². The predicted octanol–water partition coefficient (Wildman–Crippen LogP) is 8.56. The Morgan fingerprint density at radius 1 is 0.591 bits per heavy atom. The number of carboxylic acid groups (broad SMARTS) is 1. The molecule has 0 amide bonds. The fourth-order valence-corrected chi connectivity index (χ4v) is 5.63. The Morgan fingerprint density at radius 2 is 0.932 bits per heavy atom. The van der Waals surface area contributed by atoms with Gasteiger partial charge < -0.3 is 5.11 Å². The van der Waals surface area contributed by atoms with Gasteiger partial charge in [-0.3, -0.25) is 45.3 Å². The van der Waals surface area contributed by atoms with Crippen LogP contribution in [-0.4, -0.2) is 30.8 Å². The highest BCUT2D eigenvalue weighted by Crippen LogP contribution is 2.47. The Kier molecular flexibility index (Phi) is 14.3. The molecule has 2 aromatic carbocycles. The van der Waals surface area contributed by atoms with Gasteiger partial charge in [-0.25, -0.2) is 0 Å². The van der Waals surface area contributed by atoms with Gasteiger partial charge in [0.2, 0.25) is 0 Å². The fourth-order valence-electron chi connectivity index (χ4n) is 5.63. The van der Waals surface area contributed by atoms with E-state index in [9.17, 15) is 50.4 Å². The summed E-state index contributed by atoms with van der Waals surface area (Å²) in [5, 5.41) is 57.3. The molecule has 0 aliphatic heterocycles. The summed E-state index contributed by atoms with van der Waals surface area (Å²) in [7, 11) is 0. The van der Waals surface area contributed by atoms with E-state index < -0.39 is 65.0 Å². The second-order valence-electron chi connectivity index (χ2n) is 11.0. The maximum atomic E-state index is 13.1. The summed E-state index contributed by atoms with van der Waals surface area (Å²) in [5.41, 5.74) is -6.44. The summed E-state index contributed by atoms with van der Waals surface area (Å²) >= 11 is 0.